The molecule has 0 atom stereocenters. The Labute approximate surface area is 128 Å². The van der Waals surface area contributed by atoms with Crippen LogP contribution >= 0.6 is 11.6 Å². The zero-order chi connectivity index (χ0) is 15.3. The first-order valence-corrected chi connectivity index (χ1v) is 7.61. The van der Waals surface area contributed by atoms with E-state index in [0.717, 1.165) is 31.3 Å². The first kappa shape index (κ1) is 17.2. The maximum atomic E-state index is 6.15. The summed E-state index contributed by atoms with van der Waals surface area (Å²) in [5, 5.41) is 0.525. The van der Waals surface area contributed by atoms with E-state index in [-0.39, 0.29) is 5.92 Å². The smallest absolute Gasteiger partial charge is 0.135 e. The van der Waals surface area contributed by atoms with Gasteiger partial charge < -0.3 is 9.80 Å². The van der Waals surface area contributed by atoms with E-state index in [1.54, 1.807) is 0 Å². The van der Waals surface area contributed by atoms with E-state index in [9.17, 15) is 0 Å². The highest BCUT2D eigenvalue weighted by molar-refractivity contribution is 6.29. The van der Waals surface area contributed by atoms with Gasteiger partial charge in [0.05, 0.1) is 0 Å². The van der Waals surface area contributed by atoms with Gasteiger partial charge in [-0.05, 0) is 20.0 Å². The van der Waals surface area contributed by atoms with E-state index >= 15 is 0 Å². The Kier molecular flexibility index (Phi) is 6.69. The summed E-state index contributed by atoms with van der Waals surface area (Å²) in [5.41, 5.74) is 0. The second-order valence-electron chi connectivity index (χ2n) is 6.20. The number of hydrogen-bond donors (Lipinski definition) is 0. The molecular formula is C15H27ClN4. The van der Waals surface area contributed by atoms with Crippen molar-refractivity contribution in [1.82, 2.24) is 14.9 Å². The zero-order valence-corrected chi connectivity index (χ0v) is 14.3. The monoisotopic (exact) mass is 298 g/mol. The summed E-state index contributed by atoms with van der Waals surface area (Å²) < 4.78 is 0. The standard InChI is InChI=1S/C15H27ClN4/c1-11(2)10-20(8-7-19(5)6)14-9-13(16)17-15(18-14)12(3)4/h9,11-12H,7-8,10H2,1-6H3. The molecule has 0 aromatic carbocycles. The molecule has 0 spiro atoms. The van der Waals surface area contributed by atoms with Crippen LogP contribution in [0.5, 0.6) is 0 Å². The third-order valence-corrected chi connectivity index (χ3v) is 3.14. The molecule has 114 valence electrons. The van der Waals surface area contributed by atoms with Gasteiger partial charge in [-0.3, -0.25) is 0 Å². The van der Waals surface area contributed by atoms with E-state index < -0.39 is 0 Å². The Morgan fingerprint density at radius 3 is 2.25 bits per heavy atom. The van der Waals surface area contributed by atoms with Crippen LogP contribution < -0.4 is 4.90 Å². The molecule has 0 radical (unpaired) electrons. The van der Waals surface area contributed by atoms with Crippen LogP contribution in [-0.4, -0.2) is 48.6 Å². The Hall–Kier alpha value is -0.870. The molecular weight excluding hydrogens is 272 g/mol. The van der Waals surface area contributed by atoms with Gasteiger partial charge in [0.1, 0.15) is 16.8 Å². The summed E-state index contributed by atoms with van der Waals surface area (Å²) in [6.07, 6.45) is 0. The second kappa shape index (κ2) is 7.79. The van der Waals surface area contributed by atoms with Crippen molar-refractivity contribution in [2.75, 3.05) is 38.6 Å². The molecule has 1 heterocycles. The minimum atomic E-state index is 0.280. The van der Waals surface area contributed by atoms with Crippen LogP contribution in [0.25, 0.3) is 0 Å². The lowest BCUT2D eigenvalue weighted by molar-refractivity contribution is 0.408. The maximum Gasteiger partial charge on any atom is 0.135 e. The third-order valence-electron chi connectivity index (χ3n) is 2.94. The van der Waals surface area contributed by atoms with Gasteiger partial charge in [-0.15, -0.1) is 0 Å². The SMILES string of the molecule is CC(C)CN(CCN(C)C)c1cc(Cl)nc(C(C)C)n1. The van der Waals surface area contributed by atoms with E-state index in [1.165, 1.54) is 0 Å². The van der Waals surface area contributed by atoms with Gasteiger partial charge in [0.25, 0.3) is 0 Å². The highest BCUT2D eigenvalue weighted by Gasteiger charge is 2.14. The molecule has 1 aromatic rings. The van der Waals surface area contributed by atoms with E-state index in [4.69, 9.17) is 11.6 Å². The second-order valence-corrected chi connectivity index (χ2v) is 6.59. The number of halogens is 1. The summed E-state index contributed by atoms with van der Waals surface area (Å²) in [7, 11) is 4.17. The summed E-state index contributed by atoms with van der Waals surface area (Å²) in [5.74, 6) is 2.60. The van der Waals surface area contributed by atoms with Crippen LogP contribution in [0.1, 0.15) is 39.4 Å². The zero-order valence-electron chi connectivity index (χ0n) is 13.5. The predicted octanol–water partition coefficient (Wildman–Crippen LogP) is 3.28. The lowest BCUT2D eigenvalue weighted by Crippen LogP contribution is -2.35. The number of nitrogens with zero attached hydrogens (tertiary/aromatic N) is 4. The highest BCUT2D eigenvalue weighted by atomic mass is 35.5. The quantitative estimate of drug-likeness (QED) is 0.723. The van der Waals surface area contributed by atoms with Crippen LogP contribution in [0, 0.1) is 5.92 Å². The topological polar surface area (TPSA) is 32.3 Å². The van der Waals surface area contributed by atoms with Gasteiger partial charge in [0.15, 0.2) is 0 Å². The van der Waals surface area contributed by atoms with Gasteiger partial charge in [-0.25, -0.2) is 9.97 Å². The third kappa shape index (κ3) is 5.63. The van der Waals surface area contributed by atoms with Gasteiger partial charge in [0.2, 0.25) is 0 Å². The Bertz CT molecular complexity index is 418. The predicted molar refractivity (Wildman–Crippen MR) is 86.7 cm³/mol. The van der Waals surface area contributed by atoms with Crippen molar-refractivity contribution in [1.29, 1.82) is 0 Å². The Balaban J connectivity index is 2.99. The first-order valence-electron chi connectivity index (χ1n) is 7.23. The highest BCUT2D eigenvalue weighted by Crippen LogP contribution is 2.20. The summed E-state index contributed by atoms with van der Waals surface area (Å²) >= 11 is 6.15. The molecule has 0 N–H and O–H groups in total. The number of hydrogen-bond acceptors (Lipinski definition) is 4. The Morgan fingerprint density at radius 1 is 1.10 bits per heavy atom. The molecule has 1 aromatic heterocycles. The maximum absolute atomic E-state index is 6.15. The minimum Gasteiger partial charge on any atom is -0.355 e. The largest absolute Gasteiger partial charge is 0.355 e. The van der Waals surface area contributed by atoms with Gasteiger partial charge in [0, 0.05) is 31.6 Å². The molecule has 0 aliphatic carbocycles. The molecule has 5 heteroatoms. The fraction of sp³-hybridized carbons (Fsp3) is 0.733. The molecule has 0 bridgehead atoms. The molecule has 1 rings (SSSR count). The lowest BCUT2D eigenvalue weighted by Gasteiger charge is -2.27. The Morgan fingerprint density at radius 2 is 1.75 bits per heavy atom. The van der Waals surface area contributed by atoms with Gasteiger partial charge >= 0.3 is 0 Å². The molecule has 0 aliphatic rings. The molecule has 0 saturated heterocycles. The van der Waals surface area contributed by atoms with Gasteiger partial charge in [-0.1, -0.05) is 39.3 Å². The fourth-order valence-electron chi connectivity index (χ4n) is 1.90. The van der Waals surface area contributed by atoms with Crippen LogP contribution in [-0.2, 0) is 0 Å². The van der Waals surface area contributed by atoms with Crippen molar-refractivity contribution in [2.45, 2.75) is 33.6 Å². The van der Waals surface area contributed by atoms with Crippen molar-refractivity contribution in [3.05, 3.63) is 17.0 Å². The number of likely N-dealkylation sites (N-methyl/N-ethyl adjacent to an activating group) is 1. The van der Waals surface area contributed by atoms with Crippen LogP contribution in [0.15, 0.2) is 6.07 Å². The number of aromatic nitrogens is 2. The molecule has 0 unspecified atom stereocenters. The molecule has 0 fully saturated rings. The fourth-order valence-corrected chi connectivity index (χ4v) is 2.09. The van der Waals surface area contributed by atoms with E-state index in [0.29, 0.717) is 11.1 Å². The van der Waals surface area contributed by atoms with Crippen LogP contribution in [0.3, 0.4) is 0 Å². The van der Waals surface area contributed by atoms with E-state index in [2.05, 4.69) is 61.6 Å². The molecule has 0 aliphatic heterocycles. The van der Waals surface area contributed by atoms with Crippen molar-refractivity contribution in [3.63, 3.8) is 0 Å². The lowest BCUT2D eigenvalue weighted by atomic mass is 10.2. The average molecular weight is 299 g/mol. The van der Waals surface area contributed by atoms with Gasteiger partial charge in [-0.2, -0.15) is 0 Å². The molecule has 20 heavy (non-hydrogen) atoms. The summed E-state index contributed by atoms with van der Waals surface area (Å²) in [4.78, 5) is 13.5. The summed E-state index contributed by atoms with van der Waals surface area (Å²) in [6.45, 7) is 11.5. The molecule has 0 amide bonds. The summed E-state index contributed by atoms with van der Waals surface area (Å²) in [6, 6.07) is 1.87. The van der Waals surface area contributed by atoms with Crippen molar-refractivity contribution in [3.8, 4) is 0 Å². The number of rotatable bonds is 7. The molecule has 0 saturated carbocycles. The van der Waals surface area contributed by atoms with Crippen molar-refractivity contribution < 1.29 is 0 Å². The van der Waals surface area contributed by atoms with Crippen LogP contribution in [0.2, 0.25) is 5.15 Å². The number of anilines is 1. The van der Waals surface area contributed by atoms with Crippen LogP contribution in [0.4, 0.5) is 5.82 Å². The van der Waals surface area contributed by atoms with Crippen molar-refractivity contribution in [2.24, 2.45) is 5.92 Å². The molecule has 4 nitrogen and oxygen atoms in total. The minimum absolute atomic E-state index is 0.280. The first-order chi connectivity index (χ1) is 9.29. The van der Waals surface area contributed by atoms with E-state index in [1.807, 2.05) is 6.07 Å². The van der Waals surface area contributed by atoms with Crippen molar-refractivity contribution >= 4 is 17.4 Å². The normalized spacial score (nSPS) is 11.7. The average Bonchev–Trinajstić information content (AvgIpc) is 2.32.